The lowest BCUT2D eigenvalue weighted by Gasteiger charge is -2.32. The number of carbonyl (C=O) groups excluding carboxylic acids is 2. The van der Waals surface area contributed by atoms with Crippen molar-refractivity contribution in [3.63, 3.8) is 0 Å². The predicted molar refractivity (Wildman–Crippen MR) is 150 cm³/mol. The van der Waals surface area contributed by atoms with Crippen molar-refractivity contribution >= 4 is 48.0 Å². The van der Waals surface area contributed by atoms with Crippen LogP contribution in [0.2, 0.25) is 18.6 Å². The highest BCUT2D eigenvalue weighted by Gasteiger charge is 2.66. The molecule has 8 heteroatoms. The molecule has 0 unspecified atom stereocenters. The number of hydrogen-bond acceptors (Lipinski definition) is 5. The zero-order chi connectivity index (χ0) is 27.0. The molecule has 1 saturated heterocycles. The first kappa shape index (κ1) is 25.0. The van der Waals surface area contributed by atoms with Crippen LogP contribution in [0.25, 0.3) is 10.8 Å². The number of ether oxygens (including phenoxy) is 1. The van der Waals surface area contributed by atoms with Gasteiger partial charge in [0.05, 0.1) is 23.0 Å². The SMILES string of the molecule is C=CCN1C(=O)[C@]2(O[C@H](CCO)[C@@H]([Si](C)(C)O)[C@@H]2C)c2cc(N3C(=O)c4cccc5cccc3c45)ccc21. The van der Waals surface area contributed by atoms with Gasteiger partial charge < -0.3 is 19.5 Å². The Morgan fingerprint density at radius 3 is 2.53 bits per heavy atom. The number of hydrogen-bond donors (Lipinski definition) is 2. The molecule has 3 aliphatic heterocycles. The molecule has 0 aromatic heterocycles. The summed E-state index contributed by atoms with van der Waals surface area (Å²) in [5, 5.41) is 11.7. The zero-order valence-corrected chi connectivity index (χ0v) is 22.8. The van der Waals surface area contributed by atoms with Crippen molar-refractivity contribution in [2.24, 2.45) is 5.92 Å². The van der Waals surface area contributed by atoms with Crippen LogP contribution in [0.4, 0.5) is 17.1 Å². The van der Waals surface area contributed by atoms with Crippen molar-refractivity contribution in [3.05, 3.63) is 78.4 Å². The van der Waals surface area contributed by atoms with Crippen LogP contribution in [0.5, 0.6) is 0 Å². The number of aliphatic hydroxyl groups is 1. The fraction of sp³-hybridized carbons (Fsp3) is 0.333. The van der Waals surface area contributed by atoms with Gasteiger partial charge in [0.25, 0.3) is 11.8 Å². The van der Waals surface area contributed by atoms with Crippen LogP contribution >= 0.6 is 0 Å². The third kappa shape index (κ3) is 3.24. The molecule has 3 aromatic rings. The zero-order valence-electron chi connectivity index (χ0n) is 21.8. The number of rotatable bonds is 6. The normalized spacial score (nSPS) is 26.2. The van der Waals surface area contributed by atoms with E-state index >= 15 is 0 Å². The van der Waals surface area contributed by atoms with E-state index in [0.29, 0.717) is 35.5 Å². The smallest absolute Gasteiger partial charge is 0.264 e. The van der Waals surface area contributed by atoms with Gasteiger partial charge in [0.1, 0.15) is 0 Å². The molecule has 3 aromatic carbocycles. The van der Waals surface area contributed by atoms with Crippen molar-refractivity contribution in [2.75, 3.05) is 23.0 Å². The first-order valence-electron chi connectivity index (χ1n) is 13.1. The highest BCUT2D eigenvalue weighted by molar-refractivity contribution is 6.71. The molecule has 3 aliphatic rings. The number of benzene rings is 3. The van der Waals surface area contributed by atoms with Crippen LogP contribution in [0.1, 0.15) is 29.3 Å². The average molecular weight is 529 g/mol. The molecule has 3 heterocycles. The molecular weight excluding hydrogens is 496 g/mol. The summed E-state index contributed by atoms with van der Waals surface area (Å²) in [6.07, 6.45) is 1.56. The molecule has 0 aliphatic carbocycles. The first-order chi connectivity index (χ1) is 18.1. The van der Waals surface area contributed by atoms with Gasteiger partial charge in [0.2, 0.25) is 0 Å². The Bertz CT molecular complexity index is 1490. The third-order valence-corrected chi connectivity index (χ3v) is 11.0. The highest BCUT2D eigenvalue weighted by atomic mass is 28.4. The van der Waals surface area contributed by atoms with Crippen LogP contribution in [0, 0.1) is 5.92 Å². The summed E-state index contributed by atoms with van der Waals surface area (Å²) >= 11 is 0. The largest absolute Gasteiger partial charge is 0.432 e. The maximum atomic E-state index is 14.2. The lowest BCUT2D eigenvalue weighted by Crippen LogP contribution is -2.46. The maximum absolute atomic E-state index is 14.2. The quantitative estimate of drug-likeness (QED) is 0.353. The van der Waals surface area contributed by atoms with Gasteiger partial charge in [-0.05, 0) is 55.2 Å². The topological polar surface area (TPSA) is 90.3 Å². The number of aliphatic hydroxyl groups excluding tert-OH is 1. The molecule has 1 spiro atoms. The Morgan fingerprint density at radius 1 is 1.11 bits per heavy atom. The number of anilines is 3. The van der Waals surface area contributed by atoms with E-state index in [-0.39, 0.29) is 29.9 Å². The van der Waals surface area contributed by atoms with Gasteiger partial charge in [0.15, 0.2) is 13.9 Å². The minimum Gasteiger partial charge on any atom is -0.432 e. The van der Waals surface area contributed by atoms with Gasteiger partial charge in [-0.1, -0.05) is 37.3 Å². The van der Waals surface area contributed by atoms with Gasteiger partial charge in [-0.25, -0.2) is 0 Å². The number of nitrogens with zero attached hydrogens (tertiary/aromatic N) is 2. The van der Waals surface area contributed by atoms with E-state index in [9.17, 15) is 19.5 Å². The second-order valence-electron chi connectivity index (χ2n) is 11.1. The van der Waals surface area contributed by atoms with Crippen molar-refractivity contribution in [1.82, 2.24) is 0 Å². The van der Waals surface area contributed by atoms with Crippen molar-refractivity contribution < 1.29 is 24.2 Å². The number of carbonyl (C=O) groups is 2. The molecule has 2 amide bonds. The van der Waals surface area contributed by atoms with Crippen molar-refractivity contribution in [3.8, 4) is 0 Å². The molecule has 0 bridgehead atoms. The van der Waals surface area contributed by atoms with Crippen LogP contribution in [-0.4, -0.2) is 49.3 Å². The Morgan fingerprint density at radius 2 is 1.84 bits per heavy atom. The lowest BCUT2D eigenvalue weighted by atomic mass is 9.82. The Labute approximate surface area is 223 Å². The second kappa shape index (κ2) is 8.61. The van der Waals surface area contributed by atoms with Crippen LogP contribution in [0.3, 0.4) is 0 Å². The van der Waals surface area contributed by atoms with Crippen molar-refractivity contribution in [2.45, 2.75) is 43.7 Å². The van der Waals surface area contributed by atoms with E-state index in [2.05, 4.69) is 6.58 Å². The summed E-state index contributed by atoms with van der Waals surface area (Å²) in [7, 11) is -2.79. The molecule has 0 radical (unpaired) electrons. The summed E-state index contributed by atoms with van der Waals surface area (Å²) in [6.45, 7) is 9.75. The molecule has 38 heavy (non-hydrogen) atoms. The molecular formula is C30H32N2O5Si. The third-order valence-electron chi connectivity index (χ3n) is 8.51. The summed E-state index contributed by atoms with van der Waals surface area (Å²) in [5.41, 5.74) is 1.94. The molecule has 1 fully saturated rings. The first-order valence-corrected chi connectivity index (χ1v) is 16.1. The Kier molecular flexibility index (Phi) is 5.66. The Balaban J connectivity index is 1.54. The summed E-state index contributed by atoms with van der Waals surface area (Å²) in [5.74, 6) is -0.644. The second-order valence-corrected chi connectivity index (χ2v) is 15.1. The van der Waals surface area contributed by atoms with Crippen LogP contribution in [0.15, 0.2) is 67.3 Å². The van der Waals surface area contributed by atoms with E-state index in [1.165, 1.54) is 0 Å². The van der Waals surface area contributed by atoms with Crippen molar-refractivity contribution in [1.29, 1.82) is 0 Å². The summed E-state index contributed by atoms with van der Waals surface area (Å²) in [6, 6.07) is 17.3. The molecule has 4 atom stereocenters. The van der Waals surface area contributed by atoms with E-state index in [1.807, 2.05) is 74.6 Å². The van der Waals surface area contributed by atoms with Gasteiger partial charge in [-0.15, -0.1) is 6.58 Å². The Hall–Kier alpha value is -3.30. The monoisotopic (exact) mass is 528 g/mol. The number of amides is 2. The fourth-order valence-electron chi connectivity index (χ4n) is 7.08. The van der Waals surface area contributed by atoms with Crippen LogP contribution < -0.4 is 9.80 Å². The average Bonchev–Trinajstić information content (AvgIpc) is 3.43. The standard InChI is InChI=1S/C30H32N2O5Si/c1-5-15-31-23-13-12-20(32-24-11-7-9-19-8-6-10-21(26(19)24)28(32)34)17-22(23)30(29(31)35)18(2)27(38(3,4)36)25(37-30)14-16-33/h5-13,17-18,25,27,33,36H,1,14-16H2,2-4H3/t18-,25+,27-,30+/m0/s1. The maximum Gasteiger partial charge on any atom is 0.264 e. The van der Waals surface area contributed by atoms with Crippen LogP contribution in [-0.2, 0) is 15.1 Å². The molecule has 2 N–H and O–H groups in total. The minimum absolute atomic E-state index is 0.101. The van der Waals surface area contributed by atoms with E-state index in [0.717, 1.165) is 16.5 Å². The van der Waals surface area contributed by atoms with Gasteiger partial charge >= 0.3 is 0 Å². The molecule has 0 saturated carbocycles. The van der Waals surface area contributed by atoms with Gasteiger partial charge in [-0.3, -0.25) is 14.5 Å². The highest BCUT2D eigenvalue weighted by Crippen LogP contribution is 2.60. The summed E-state index contributed by atoms with van der Waals surface area (Å²) < 4.78 is 6.67. The summed E-state index contributed by atoms with van der Waals surface area (Å²) in [4.78, 5) is 42.5. The predicted octanol–water partition coefficient (Wildman–Crippen LogP) is 4.84. The minimum atomic E-state index is -2.79. The number of fused-ring (bicyclic) bond motifs is 2. The lowest BCUT2D eigenvalue weighted by molar-refractivity contribution is -0.146. The van der Waals surface area contributed by atoms with Gasteiger partial charge in [0, 0.05) is 41.2 Å². The molecule has 196 valence electrons. The van der Waals surface area contributed by atoms with E-state index < -0.39 is 20.0 Å². The molecule has 7 nitrogen and oxygen atoms in total. The fourth-order valence-corrected chi connectivity index (χ4v) is 9.69. The van der Waals surface area contributed by atoms with E-state index in [1.54, 1.807) is 15.9 Å². The van der Waals surface area contributed by atoms with E-state index in [4.69, 9.17) is 4.74 Å². The molecule has 6 rings (SSSR count). The van der Waals surface area contributed by atoms with Gasteiger partial charge in [-0.2, -0.15) is 0 Å².